The first kappa shape index (κ1) is 23.8. The molecule has 0 fully saturated rings. The molecule has 174 valence electrons. The number of thioether (sulfide) groups is 1. The van der Waals surface area contributed by atoms with Crippen LogP contribution in [-0.2, 0) is 5.41 Å². The summed E-state index contributed by atoms with van der Waals surface area (Å²) in [5.41, 5.74) is 4.65. The van der Waals surface area contributed by atoms with Crippen LogP contribution in [0.15, 0.2) is 90.1 Å². The number of rotatable bonds is 8. The van der Waals surface area contributed by atoms with Crippen molar-refractivity contribution in [3.05, 3.63) is 96.1 Å². The Morgan fingerprint density at radius 1 is 0.882 bits per heavy atom. The summed E-state index contributed by atoms with van der Waals surface area (Å²) in [5, 5.41) is 10.00. The highest BCUT2D eigenvalue weighted by Gasteiger charge is 2.18. The average molecular weight is 470 g/mol. The topological polar surface area (TPSA) is 39.9 Å². The Morgan fingerprint density at radius 3 is 2.24 bits per heavy atom. The summed E-state index contributed by atoms with van der Waals surface area (Å²) in [5.74, 6) is 2.49. The number of benzene rings is 3. The van der Waals surface area contributed by atoms with Gasteiger partial charge in [0.25, 0.3) is 0 Å². The van der Waals surface area contributed by atoms with Crippen molar-refractivity contribution in [1.29, 1.82) is 0 Å². The van der Waals surface area contributed by atoms with Crippen molar-refractivity contribution in [2.24, 2.45) is 0 Å². The Kier molecular flexibility index (Phi) is 7.53. The van der Waals surface area contributed by atoms with Crippen LogP contribution in [0, 0.1) is 0 Å². The summed E-state index contributed by atoms with van der Waals surface area (Å²) >= 11 is 1.67. The SMILES string of the molecule is CCOc1ccc(-n2c(SC/C=C/c3ccccc3)nnc2-c2ccc(C(C)(C)C)cc2)cc1. The van der Waals surface area contributed by atoms with Gasteiger partial charge in [-0.2, -0.15) is 0 Å². The molecule has 0 radical (unpaired) electrons. The van der Waals surface area contributed by atoms with Gasteiger partial charge in [-0.15, -0.1) is 10.2 Å². The molecule has 0 bridgehead atoms. The summed E-state index contributed by atoms with van der Waals surface area (Å²) in [6, 6.07) is 27.1. The van der Waals surface area contributed by atoms with E-state index in [0.29, 0.717) is 6.61 Å². The Labute approximate surface area is 206 Å². The van der Waals surface area contributed by atoms with E-state index < -0.39 is 0 Å². The molecule has 5 heteroatoms. The Hall–Kier alpha value is -3.31. The quantitative estimate of drug-likeness (QED) is 0.251. The summed E-state index contributed by atoms with van der Waals surface area (Å²) in [6.07, 6.45) is 4.30. The second-order valence-electron chi connectivity index (χ2n) is 9.02. The van der Waals surface area contributed by atoms with Crippen LogP contribution in [0.3, 0.4) is 0 Å². The smallest absolute Gasteiger partial charge is 0.196 e. The lowest BCUT2D eigenvalue weighted by atomic mass is 9.87. The fourth-order valence-electron chi connectivity index (χ4n) is 3.63. The van der Waals surface area contributed by atoms with E-state index in [9.17, 15) is 0 Å². The Morgan fingerprint density at radius 2 is 1.59 bits per heavy atom. The minimum Gasteiger partial charge on any atom is -0.494 e. The van der Waals surface area contributed by atoms with E-state index in [0.717, 1.165) is 33.7 Å². The van der Waals surface area contributed by atoms with Gasteiger partial charge in [-0.3, -0.25) is 4.57 Å². The molecule has 3 aromatic carbocycles. The van der Waals surface area contributed by atoms with Crippen molar-refractivity contribution >= 4 is 17.8 Å². The van der Waals surface area contributed by atoms with Crippen molar-refractivity contribution in [3.63, 3.8) is 0 Å². The number of hydrogen-bond acceptors (Lipinski definition) is 4. The normalized spacial score (nSPS) is 11.8. The van der Waals surface area contributed by atoms with Crippen molar-refractivity contribution in [3.8, 4) is 22.8 Å². The maximum Gasteiger partial charge on any atom is 0.196 e. The van der Waals surface area contributed by atoms with Crippen LogP contribution in [0.1, 0.15) is 38.8 Å². The van der Waals surface area contributed by atoms with Crippen molar-refractivity contribution < 1.29 is 4.74 Å². The lowest BCUT2D eigenvalue weighted by Gasteiger charge is -2.19. The highest BCUT2D eigenvalue weighted by Crippen LogP contribution is 2.31. The predicted octanol–water partition coefficient (Wildman–Crippen LogP) is 7.44. The molecule has 0 unspecified atom stereocenters. The number of hydrogen-bond donors (Lipinski definition) is 0. The van der Waals surface area contributed by atoms with E-state index >= 15 is 0 Å². The fourth-order valence-corrected chi connectivity index (χ4v) is 4.39. The summed E-state index contributed by atoms with van der Waals surface area (Å²) < 4.78 is 7.76. The summed E-state index contributed by atoms with van der Waals surface area (Å²) in [7, 11) is 0. The molecule has 1 heterocycles. The predicted molar refractivity (Wildman–Crippen MR) is 143 cm³/mol. The monoisotopic (exact) mass is 469 g/mol. The van der Waals surface area contributed by atoms with E-state index in [2.05, 4.69) is 96.2 Å². The van der Waals surface area contributed by atoms with Gasteiger partial charge in [0.2, 0.25) is 0 Å². The molecule has 0 amide bonds. The highest BCUT2D eigenvalue weighted by molar-refractivity contribution is 7.99. The molecule has 0 aliphatic rings. The van der Waals surface area contributed by atoms with Crippen LogP contribution in [0.5, 0.6) is 5.75 Å². The van der Waals surface area contributed by atoms with Gasteiger partial charge >= 0.3 is 0 Å². The van der Waals surface area contributed by atoms with Crippen LogP contribution in [0.4, 0.5) is 0 Å². The second kappa shape index (κ2) is 10.7. The third kappa shape index (κ3) is 5.78. The lowest BCUT2D eigenvalue weighted by Crippen LogP contribution is -2.10. The molecule has 0 aliphatic heterocycles. The third-order valence-electron chi connectivity index (χ3n) is 5.47. The molecule has 4 nitrogen and oxygen atoms in total. The second-order valence-corrected chi connectivity index (χ2v) is 10.0. The minimum absolute atomic E-state index is 0.105. The van der Waals surface area contributed by atoms with Gasteiger partial charge in [-0.05, 0) is 47.7 Å². The summed E-state index contributed by atoms with van der Waals surface area (Å²) in [4.78, 5) is 0. The van der Waals surface area contributed by atoms with Crippen LogP contribution < -0.4 is 4.74 Å². The maximum atomic E-state index is 5.63. The van der Waals surface area contributed by atoms with Gasteiger partial charge in [0.15, 0.2) is 11.0 Å². The molecule has 4 aromatic rings. The summed E-state index contributed by atoms with van der Waals surface area (Å²) in [6.45, 7) is 9.31. The zero-order chi connectivity index (χ0) is 24.0. The zero-order valence-electron chi connectivity index (χ0n) is 20.2. The third-order valence-corrected chi connectivity index (χ3v) is 6.35. The van der Waals surface area contributed by atoms with Crippen LogP contribution in [0.2, 0.25) is 0 Å². The first-order valence-corrected chi connectivity index (χ1v) is 12.6. The largest absolute Gasteiger partial charge is 0.494 e. The van der Waals surface area contributed by atoms with Gasteiger partial charge in [-0.1, -0.05) is 99.3 Å². The van der Waals surface area contributed by atoms with Crippen molar-refractivity contribution in [1.82, 2.24) is 14.8 Å². The average Bonchev–Trinajstić information content (AvgIpc) is 3.27. The molecule has 0 spiro atoms. The molecule has 0 atom stereocenters. The first-order valence-electron chi connectivity index (χ1n) is 11.6. The standard InChI is InChI=1S/C29H31N3OS/c1-5-33-26-19-17-25(18-20-26)32-27(23-13-15-24(16-14-23)29(2,3)4)30-31-28(32)34-21-9-12-22-10-7-6-8-11-22/h6-20H,5,21H2,1-4H3/b12-9+. The molecule has 0 saturated heterocycles. The van der Waals surface area contributed by atoms with E-state index in [1.807, 2.05) is 37.3 Å². The van der Waals surface area contributed by atoms with Crippen LogP contribution in [0.25, 0.3) is 23.2 Å². The number of ether oxygens (including phenoxy) is 1. The highest BCUT2D eigenvalue weighted by atomic mass is 32.2. The van der Waals surface area contributed by atoms with Gasteiger partial charge in [0.05, 0.1) is 6.61 Å². The Balaban J connectivity index is 1.64. The molecule has 34 heavy (non-hydrogen) atoms. The van der Waals surface area contributed by atoms with Crippen molar-refractivity contribution in [2.45, 2.75) is 38.3 Å². The molecule has 0 aliphatic carbocycles. The van der Waals surface area contributed by atoms with E-state index in [-0.39, 0.29) is 5.41 Å². The van der Waals surface area contributed by atoms with E-state index in [4.69, 9.17) is 4.74 Å². The molecule has 0 N–H and O–H groups in total. The van der Waals surface area contributed by atoms with Crippen molar-refractivity contribution in [2.75, 3.05) is 12.4 Å². The van der Waals surface area contributed by atoms with Gasteiger partial charge in [0.1, 0.15) is 5.75 Å². The molecular formula is C29H31N3OS. The maximum absolute atomic E-state index is 5.63. The molecule has 0 saturated carbocycles. The fraction of sp³-hybridized carbons (Fsp3) is 0.241. The molecule has 1 aromatic heterocycles. The van der Waals surface area contributed by atoms with Crippen LogP contribution >= 0.6 is 11.8 Å². The first-order chi connectivity index (χ1) is 16.5. The number of nitrogens with zero attached hydrogens (tertiary/aromatic N) is 3. The Bertz CT molecular complexity index is 1220. The minimum atomic E-state index is 0.105. The zero-order valence-corrected chi connectivity index (χ0v) is 21.0. The van der Waals surface area contributed by atoms with Crippen LogP contribution in [-0.4, -0.2) is 27.1 Å². The number of aromatic nitrogens is 3. The van der Waals surface area contributed by atoms with Gasteiger partial charge in [-0.25, -0.2) is 0 Å². The van der Waals surface area contributed by atoms with E-state index in [1.165, 1.54) is 11.1 Å². The molecular weight excluding hydrogens is 438 g/mol. The lowest BCUT2D eigenvalue weighted by molar-refractivity contribution is 0.340. The van der Waals surface area contributed by atoms with Gasteiger partial charge in [0, 0.05) is 17.0 Å². The van der Waals surface area contributed by atoms with Gasteiger partial charge < -0.3 is 4.74 Å². The van der Waals surface area contributed by atoms with E-state index in [1.54, 1.807) is 11.8 Å². The molecule has 4 rings (SSSR count).